The number of nitrogens with one attached hydrogen (secondary N) is 1. The summed E-state index contributed by atoms with van der Waals surface area (Å²) < 4.78 is 25.8. The summed E-state index contributed by atoms with van der Waals surface area (Å²) in [5.74, 6) is 0.0181. The summed E-state index contributed by atoms with van der Waals surface area (Å²) in [6.45, 7) is -0.339. The van der Waals surface area contributed by atoms with Gasteiger partial charge in [-0.1, -0.05) is 0 Å². The molecule has 1 aromatic heterocycles. The van der Waals surface area contributed by atoms with E-state index in [9.17, 15) is 19.1 Å². The zero-order valence-electron chi connectivity index (χ0n) is 11.8. The van der Waals surface area contributed by atoms with Crippen LogP contribution in [0.4, 0.5) is 15.0 Å². The second kappa shape index (κ2) is 5.76. The third-order valence-electron chi connectivity index (χ3n) is 3.88. The summed E-state index contributed by atoms with van der Waals surface area (Å²) in [5, 5.41) is 12.6. The van der Waals surface area contributed by atoms with Crippen LogP contribution in [-0.2, 0) is 9.47 Å². The van der Waals surface area contributed by atoms with Crippen LogP contribution in [-0.4, -0.2) is 57.8 Å². The molecule has 23 heavy (non-hydrogen) atoms. The minimum Gasteiger partial charge on any atom is -0.386 e. The van der Waals surface area contributed by atoms with Crippen molar-refractivity contribution in [3.8, 4) is 0 Å². The van der Waals surface area contributed by atoms with E-state index in [4.69, 9.17) is 20.9 Å². The predicted octanol–water partition coefficient (Wildman–Crippen LogP) is -2.14. The second-order valence-electron chi connectivity index (χ2n) is 5.37. The van der Waals surface area contributed by atoms with Crippen molar-refractivity contribution < 1.29 is 23.8 Å². The van der Waals surface area contributed by atoms with Gasteiger partial charge in [-0.15, -0.1) is 0 Å². The van der Waals surface area contributed by atoms with Gasteiger partial charge in [0.15, 0.2) is 6.23 Å². The Hall–Kier alpha value is -2.24. The lowest BCUT2D eigenvalue weighted by atomic mass is 9.96. The van der Waals surface area contributed by atoms with Crippen LogP contribution in [0.3, 0.4) is 0 Å². The molecular weight excluding hydrogens is 313 g/mol. The van der Waals surface area contributed by atoms with Crippen LogP contribution >= 0.6 is 0 Å². The maximum absolute atomic E-state index is 14.0. The smallest absolute Gasteiger partial charge is 0.351 e. The van der Waals surface area contributed by atoms with Gasteiger partial charge in [0.2, 0.25) is 0 Å². The molecule has 0 spiro atoms. The fourth-order valence-electron chi connectivity index (χ4n) is 2.86. The highest BCUT2D eigenvalue weighted by Crippen LogP contribution is 2.36. The second-order valence-corrected chi connectivity index (χ2v) is 5.37. The maximum atomic E-state index is 14.0. The van der Waals surface area contributed by atoms with Crippen LogP contribution in [0.2, 0.25) is 0 Å². The number of nitrogens with zero attached hydrogens (tertiary/aromatic N) is 2. The molecule has 6 atom stereocenters. The molecule has 2 aliphatic rings. The van der Waals surface area contributed by atoms with Crippen molar-refractivity contribution in [2.75, 3.05) is 12.3 Å². The summed E-state index contributed by atoms with van der Waals surface area (Å²) >= 11 is 0. The zero-order valence-corrected chi connectivity index (χ0v) is 11.8. The Morgan fingerprint density at radius 2 is 2.26 bits per heavy atom. The Morgan fingerprint density at radius 1 is 1.52 bits per heavy atom. The van der Waals surface area contributed by atoms with Crippen molar-refractivity contribution in [2.45, 2.75) is 36.8 Å². The van der Waals surface area contributed by atoms with Crippen LogP contribution in [0.25, 0.3) is 0 Å². The van der Waals surface area contributed by atoms with Crippen LogP contribution in [0.5, 0.6) is 0 Å². The van der Waals surface area contributed by atoms with Crippen molar-refractivity contribution in [1.29, 1.82) is 0 Å². The van der Waals surface area contributed by atoms with Crippen molar-refractivity contribution in [1.82, 2.24) is 14.9 Å². The third kappa shape index (κ3) is 2.73. The molecule has 0 radical (unpaired) electrons. The number of halogens is 1. The number of nitrogens with two attached hydrogens (primary N) is 2. The van der Waals surface area contributed by atoms with E-state index in [2.05, 4.69) is 10.3 Å². The van der Waals surface area contributed by atoms with Crippen molar-refractivity contribution in [3.05, 3.63) is 22.7 Å². The number of carbonyl (C=O) groups excluding carboxylic acids is 1. The molecule has 0 aromatic carbocycles. The number of carbonyl (C=O) groups is 1. The molecule has 3 heterocycles. The minimum atomic E-state index is -1.56. The predicted molar refractivity (Wildman–Crippen MR) is 74.0 cm³/mol. The Morgan fingerprint density at radius 3 is 2.91 bits per heavy atom. The molecule has 0 bridgehead atoms. The van der Waals surface area contributed by atoms with Gasteiger partial charge in [0, 0.05) is 6.20 Å². The number of aliphatic hydroxyl groups excluding tert-OH is 1. The number of amides is 2. The quantitative estimate of drug-likeness (QED) is 0.482. The molecule has 1 aromatic rings. The van der Waals surface area contributed by atoms with Gasteiger partial charge < -0.3 is 31.4 Å². The van der Waals surface area contributed by atoms with E-state index in [0.717, 1.165) is 4.57 Å². The largest absolute Gasteiger partial charge is 0.386 e. The number of hydrogen-bond donors (Lipinski definition) is 4. The van der Waals surface area contributed by atoms with Gasteiger partial charge in [-0.2, -0.15) is 4.98 Å². The van der Waals surface area contributed by atoms with Crippen molar-refractivity contribution in [2.24, 2.45) is 5.73 Å². The van der Waals surface area contributed by atoms with Gasteiger partial charge in [-0.05, 0) is 6.07 Å². The van der Waals surface area contributed by atoms with Gasteiger partial charge in [0.1, 0.15) is 30.3 Å². The Bertz CT molecular complexity index is 669. The van der Waals surface area contributed by atoms with Gasteiger partial charge >= 0.3 is 11.7 Å². The number of anilines is 1. The number of alkyl halides is 1. The molecule has 0 saturated carbocycles. The molecule has 2 amide bonds. The Kier molecular flexibility index (Phi) is 3.92. The SMILES string of the molecule is NC(=O)N[C@H]1[C@H]2O[C@@H](n3ccc(N)nc3=O)[C@H](O)[C@@H]2OC[C@H]1F. The molecule has 126 valence electrons. The zero-order chi connectivity index (χ0) is 16.7. The van der Waals surface area contributed by atoms with E-state index in [0.29, 0.717) is 0 Å². The molecule has 11 heteroatoms. The molecule has 6 N–H and O–H groups in total. The van der Waals surface area contributed by atoms with Crippen LogP contribution < -0.4 is 22.5 Å². The third-order valence-corrected chi connectivity index (χ3v) is 3.88. The first kappa shape index (κ1) is 15.6. The highest BCUT2D eigenvalue weighted by Gasteiger charge is 2.54. The molecule has 2 saturated heterocycles. The lowest BCUT2D eigenvalue weighted by molar-refractivity contribution is -0.117. The van der Waals surface area contributed by atoms with Gasteiger partial charge in [0.05, 0.1) is 12.6 Å². The van der Waals surface area contributed by atoms with Crippen LogP contribution in [0.1, 0.15) is 6.23 Å². The number of fused-ring (bicyclic) bond motifs is 1. The van der Waals surface area contributed by atoms with Crippen molar-refractivity contribution in [3.63, 3.8) is 0 Å². The number of aliphatic hydroxyl groups is 1. The van der Waals surface area contributed by atoms with Crippen LogP contribution in [0, 0.1) is 0 Å². The minimum absolute atomic E-state index is 0.0181. The van der Waals surface area contributed by atoms with Crippen LogP contribution in [0.15, 0.2) is 17.1 Å². The molecule has 0 unspecified atom stereocenters. The molecule has 2 fully saturated rings. The highest BCUT2D eigenvalue weighted by atomic mass is 19.1. The molecule has 0 aliphatic carbocycles. The van der Waals surface area contributed by atoms with E-state index in [1.165, 1.54) is 12.3 Å². The number of urea groups is 1. The first-order chi connectivity index (χ1) is 10.9. The highest BCUT2D eigenvalue weighted by molar-refractivity contribution is 5.72. The van der Waals surface area contributed by atoms with Gasteiger partial charge in [-0.3, -0.25) is 4.57 Å². The number of ether oxygens (including phenoxy) is 2. The lowest BCUT2D eigenvalue weighted by Crippen LogP contribution is -2.60. The normalized spacial score (nSPS) is 36.4. The van der Waals surface area contributed by atoms with E-state index >= 15 is 0 Å². The van der Waals surface area contributed by atoms with E-state index in [1.807, 2.05) is 0 Å². The monoisotopic (exact) mass is 329 g/mol. The van der Waals surface area contributed by atoms with E-state index < -0.39 is 48.5 Å². The summed E-state index contributed by atoms with van der Waals surface area (Å²) in [4.78, 5) is 26.5. The van der Waals surface area contributed by atoms with E-state index in [1.54, 1.807) is 0 Å². The fraction of sp³-hybridized carbons (Fsp3) is 0.583. The lowest BCUT2D eigenvalue weighted by Gasteiger charge is -2.35. The molecule has 3 rings (SSSR count). The number of hydrogen-bond acceptors (Lipinski definition) is 7. The number of rotatable bonds is 2. The summed E-state index contributed by atoms with van der Waals surface area (Å²) in [7, 11) is 0. The van der Waals surface area contributed by atoms with Gasteiger partial charge in [-0.25, -0.2) is 14.0 Å². The van der Waals surface area contributed by atoms with Crippen molar-refractivity contribution >= 4 is 11.8 Å². The summed E-state index contributed by atoms with van der Waals surface area (Å²) in [6.07, 6.45) is -4.58. The number of aromatic nitrogens is 2. The molecule has 10 nitrogen and oxygen atoms in total. The molecule has 2 aliphatic heterocycles. The summed E-state index contributed by atoms with van der Waals surface area (Å²) in [5.41, 5.74) is 9.71. The molecular formula is C12H16FN5O5. The average Bonchev–Trinajstić information content (AvgIpc) is 2.79. The van der Waals surface area contributed by atoms with Gasteiger partial charge in [0.25, 0.3) is 0 Å². The topological polar surface area (TPSA) is 155 Å². The maximum Gasteiger partial charge on any atom is 0.351 e. The average molecular weight is 329 g/mol. The van der Waals surface area contributed by atoms with E-state index in [-0.39, 0.29) is 12.4 Å². The summed E-state index contributed by atoms with van der Waals surface area (Å²) in [6, 6.07) is -0.660. The Balaban J connectivity index is 1.89. The fourth-order valence-corrected chi connectivity index (χ4v) is 2.86. The standard InChI is InChI=1S/C12H16FN5O5/c13-4-3-22-9-7(19)10(18-2-1-5(14)16-12(18)21)23-8(9)6(4)17-11(15)20/h1-2,4,6-10,19H,3H2,(H2,14,16,21)(H3,15,17,20)/t4-,6-,7-,8-,9+,10-/m1/s1. The number of nitrogen functional groups attached to an aromatic ring is 1. The first-order valence-corrected chi connectivity index (χ1v) is 6.88. The Labute approximate surface area is 129 Å². The number of primary amides is 1. The first-order valence-electron chi connectivity index (χ1n) is 6.88.